The molecule has 106 valence electrons. The summed E-state index contributed by atoms with van der Waals surface area (Å²) >= 11 is 3.62. The van der Waals surface area contributed by atoms with Gasteiger partial charge >= 0.3 is 0 Å². The van der Waals surface area contributed by atoms with Crippen LogP contribution in [0.3, 0.4) is 0 Å². The zero-order valence-electron chi connectivity index (χ0n) is 12.1. The van der Waals surface area contributed by atoms with Gasteiger partial charge in [0.05, 0.1) is 0 Å². The third kappa shape index (κ3) is 4.50. The Bertz CT molecular complexity index is 402. The topological polar surface area (TPSA) is 15.3 Å². The van der Waals surface area contributed by atoms with Gasteiger partial charge in [-0.1, -0.05) is 35.8 Å². The fourth-order valence-electron chi connectivity index (χ4n) is 2.43. The summed E-state index contributed by atoms with van der Waals surface area (Å²) in [5, 5.41) is 3.45. The Labute approximate surface area is 125 Å². The monoisotopic (exact) mass is 324 g/mol. The van der Waals surface area contributed by atoms with Crippen LogP contribution in [0.5, 0.6) is 0 Å². The number of rotatable bonds is 8. The molecule has 1 fully saturated rings. The molecule has 0 atom stereocenters. The Hall–Kier alpha value is -0.540. The number of nitrogens with one attached hydrogen (secondary N) is 1. The molecule has 3 heteroatoms. The Kier molecular flexibility index (Phi) is 5.71. The normalized spacial score (nSPS) is 14.7. The van der Waals surface area contributed by atoms with Crippen LogP contribution in [-0.4, -0.2) is 19.6 Å². The molecule has 1 aliphatic carbocycles. The van der Waals surface area contributed by atoms with Gasteiger partial charge in [0.15, 0.2) is 0 Å². The van der Waals surface area contributed by atoms with Gasteiger partial charge in [0.25, 0.3) is 0 Å². The van der Waals surface area contributed by atoms with Crippen molar-refractivity contribution in [3.63, 3.8) is 0 Å². The van der Waals surface area contributed by atoms with Gasteiger partial charge in [0.2, 0.25) is 0 Å². The van der Waals surface area contributed by atoms with Gasteiger partial charge in [-0.25, -0.2) is 0 Å². The van der Waals surface area contributed by atoms with E-state index in [1.807, 2.05) is 0 Å². The summed E-state index contributed by atoms with van der Waals surface area (Å²) in [5.74, 6) is 0.928. The second-order valence-electron chi connectivity index (χ2n) is 5.44. The van der Waals surface area contributed by atoms with E-state index in [1.165, 1.54) is 41.5 Å². The lowest BCUT2D eigenvalue weighted by Gasteiger charge is -2.27. The standard InChI is InChI=1S/C16H25BrN2/c1-3-9-19(12-13-5-6-13)16-10-15(17)8-7-14(16)11-18-4-2/h7-8,10,13,18H,3-6,9,11-12H2,1-2H3. The Balaban J connectivity index is 2.18. The maximum Gasteiger partial charge on any atom is 0.0423 e. The van der Waals surface area contributed by atoms with Crippen LogP contribution in [0.2, 0.25) is 0 Å². The summed E-state index contributed by atoms with van der Waals surface area (Å²) in [5.41, 5.74) is 2.82. The van der Waals surface area contributed by atoms with Crippen molar-refractivity contribution < 1.29 is 0 Å². The molecule has 0 bridgehead atoms. The molecule has 0 radical (unpaired) electrons. The van der Waals surface area contributed by atoms with Gasteiger partial charge in [-0.15, -0.1) is 0 Å². The first kappa shape index (κ1) is 14.9. The van der Waals surface area contributed by atoms with Crippen molar-refractivity contribution in [2.75, 3.05) is 24.5 Å². The van der Waals surface area contributed by atoms with Crippen molar-refractivity contribution >= 4 is 21.6 Å². The number of hydrogen-bond donors (Lipinski definition) is 1. The van der Waals surface area contributed by atoms with E-state index in [1.54, 1.807) is 0 Å². The second-order valence-corrected chi connectivity index (χ2v) is 6.36. The fourth-order valence-corrected chi connectivity index (χ4v) is 2.78. The SMILES string of the molecule is CCCN(CC1CC1)c1cc(Br)ccc1CNCC. The lowest BCUT2D eigenvalue weighted by Crippen LogP contribution is -2.28. The van der Waals surface area contributed by atoms with E-state index in [0.29, 0.717) is 0 Å². The zero-order valence-corrected chi connectivity index (χ0v) is 13.7. The van der Waals surface area contributed by atoms with Crippen molar-refractivity contribution in [1.82, 2.24) is 5.32 Å². The molecule has 0 heterocycles. The number of hydrogen-bond acceptors (Lipinski definition) is 2. The molecule has 0 unspecified atom stereocenters. The minimum Gasteiger partial charge on any atom is -0.371 e. The highest BCUT2D eigenvalue weighted by atomic mass is 79.9. The maximum atomic E-state index is 3.62. The molecule has 2 rings (SSSR count). The van der Waals surface area contributed by atoms with Crippen LogP contribution in [0, 0.1) is 5.92 Å². The molecule has 0 amide bonds. The van der Waals surface area contributed by atoms with E-state index < -0.39 is 0 Å². The van der Waals surface area contributed by atoms with E-state index in [9.17, 15) is 0 Å². The van der Waals surface area contributed by atoms with Gasteiger partial charge < -0.3 is 10.2 Å². The molecular formula is C16H25BrN2. The molecule has 19 heavy (non-hydrogen) atoms. The molecule has 1 aromatic carbocycles. The van der Waals surface area contributed by atoms with Crippen molar-refractivity contribution in [1.29, 1.82) is 0 Å². The molecule has 2 nitrogen and oxygen atoms in total. The number of benzene rings is 1. The van der Waals surface area contributed by atoms with Gasteiger partial charge in [0.1, 0.15) is 0 Å². The smallest absolute Gasteiger partial charge is 0.0423 e. The van der Waals surface area contributed by atoms with Gasteiger partial charge in [-0.3, -0.25) is 0 Å². The highest BCUT2D eigenvalue weighted by Gasteiger charge is 2.25. The molecule has 1 N–H and O–H groups in total. The lowest BCUT2D eigenvalue weighted by atomic mass is 10.1. The average molecular weight is 325 g/mol. The molecule has 0 aromatic heterocycles. The molecule has 0 saturated heterocycles. The molecular weight excluding hydrogens is 300 g/mol. The Morgan fingerprint density at radius 3 is 2.74 bits per heavy atom. The number of anilines is 1. The van der Waals surface area contributed by atoms with Gasteiger partial charge in [-0.05, 0) is 49.4 Å². The summed E-state index contributed by atoms with van der Waals surface area (Å²) in [4.78, 5) is 2.58. The molecule has 1 aromatic rings. The Morgan fingerprint density at radius 2 is 2.11 bits per heavy atom. The predicted octanol–water partition coefficient (Wildman–Crippen LogP) is 4.19. The molecule has 1 aliphatic rings. The summed E-state index contributed by atoms with van der Waals surface area (Å²) in [7, 11) is 0. The molecule has 0 spiro atoms. The molecule has 0 aliphatic heterocycles. The zero-order chi connectivity index (χ0) is 13.7. The largest absolute Gasteiger partial charge is 0.371 e. The number of nitrogens with zero attached hydrogens (tertiary/aromatic N) is 1. The predicted molar refractivity (Wildman–Crippen MR) is 86.8 cm³/mol. The lowest BCUT2D eigenvalue weighted by molar-refractivity contribution is 0.688. The van der Waals surface area contributed by atoms with Crippen molar-refractivity contribution in [3.05, 3.63) is 28.2 Å². The third-order valence-corrected chi connectivity index (χ3v) is 4.12. The van der Waals surface area contributed by atoms with E-state index in [4.69, 9.17) is 0 Å². The first-order chi connectivity index (χ1) is 9.24. The van der Waals surface area contributed by atoms with E-state index in [2.05, 4.69) is 58.2 Å². The second kappa shape index (κ2) is 7.30. The van der Waals surface area contributed by atoms with Gasteiger partial charge in [0, 0.05) is 29.8 Å². The quantitative estimate of drug-likeness (QED) is 0.771. The molecule has 1 saturated carbocycles. The highest BCUT2D eigenvalue weighted by Crippen LogP contribution is 2.33. The highest BCUT2D eigenvalue weighted by molar-refractivity contribution is 9.10. The number of halogens is 1. The van der Waals surface area contributed by atoms with Crippen LogP contribution in [0.1, 0.15) is 38.7 Å². The van der Waals surface area contributed by atoms with Crippen LogP contribution >= 0.6 is 15.9 Å². The van der Waals surface area contributed by atoms with Crippen LogP contribution in [0.15, 0.2) is 22.7 Å². The average Bonchev–Trinajstić information content (AvgIpc) is 3.21. The van der Waals surface area contributed by atoms with Crippen LogP contribution in [-0.2, 0) is 6.54 Å². The van der Waals surface area contributed by atoms with Crippen LogP contribution in [0.25, 0.3) is 0 Å². The third-order valence-electron chi connectivity index (χ3n) is 3.62. The summed E-state index contributed by atoms with van der Waals surface area (Å²) in [6.07, 6.45) is 4.04. The van der Waals surface area contributed by atoms with Crippen LogP contribution in [0.4, 0.5) is 5.69 Å². The van der Waals surface area contributed by atoms with E-state index in [0.717, 1.165) is 25.6 Å². The van der Waals surface area contributed by atoms with Crippen LogP contribution < -0.4 is 10.2 Å². The van der Waals surface area contributed by atoms with E-state index in [-0.39, 0.29) is 0 Å². The Morgan fingerprint density at radius 1 is 1.32 bits per heavy atom. The maximum absolute atomic E-state index is 3.62. The minimum atomic E-state index is 0.928. The van der Waals surface area contributed by atoms with Crippen molar-refractivity contribution in [2.24, 2.45) is 5.92 Å². The van der Waals surface area contributed by atoms with Gasteiger partial charge in [-0.2, -0.15) is 0 Å². The summed E-state index contributed by atoms with van der Waals surface area (Å²) < 4.78 is 1.18. The van der Waals surface area contributed by atoms with Crippen molar-refractivity contribution in [3.8, 4) is 0 Å². The minimum absolute atomic E-state index is 0.928. The fraction of sp³-hybridized carbons (Fsp3) is 0.625. The first-order valence-corrected chi connectivity index (χ1v) is 8.28. The summed E-state index contributed by atoms with van der Waals surface area (Å²) in [6, 6.07) is 6.68. The first-order valence-electron chi connectivity index (χ1n) is 7.48. The van der Waals surface area contributed by atoms with Crippen molar-refractivity contribution in [2.45, 2.75) is 39.7 Å². The summed E-state index contributed by atoms with van der Waals surface area (Å²) in [6.45, 7) is 8.79. The van der Waals surface area contributed by atoms with E-state index >= 15 is 0 Å².